The van der Waals surface area contributed by atoms with Gasteiger partial charge in [0.05, 0.1) is 14.2 Å². The minimum Gasteiger partial charge on any atom is -0.496 e. The van der Waals surface area contributed by atoms with Crippen LogP contribution in [0.3, 0.4) is 0 Å². The predicted octanol–water partition coefficient (Wildman–Crippen LogP) is 8.46. The lowest BCUT2D eigenvalue weighted by Crippen LogP contribution is -2.30. The van der Waals surface area contributed by atoms with Crippen LogP contribution in [-0.4, -0.2) is 20.5 Å². The minimum absolute atomic E-state index is 0.139. The van der Waals surface area contributed by atoms with Gasteiger partial charge in [-0.2, -0.15) is 0 Å². The highest BCUT2D eigenvalue weighted by molar-refractivity contribution is 7.80. The summed E-state index contributed by atoms with van der Waals surface area (Å²) < 4.78 is 12.2. The van der Waals surface area contributed by atoms with Crippen LogP contribution in [0.25, 0.3) is 0 Å². The van der Waals surface area contributed by atoms with Crippen molar-refractivity contribution in [2.24, 2.45) is 0 Å². The van der Waals surface area contributed by atoms with Gasteiger partial charge in [-0.15, -0.1) is 0 Å². The second kappa shape index (κ2) is 11.6. The van der Waals surface area contributed by atoms with E-state index >= 15 is 0 Å². The number of hydrogen-bond donors (Lipinski definition) is 0. The maximum Gasteiger partial charge on any atom is 0.150 e. The summed E-state index contributed by atoms with van der Waals surface area (Å²) >= 11 is 0. The van der Waals surface area contributed by atoms with Gasteiger partial charge in [0.25, 0.3) is 0 Å². The van der Waals surface area contributed by atoms with E-state index in [0.29, 0.717) is 0 Å². The Hall–Kier alpha value is -2.64. The van der Waals surface area contributed by atoms with Crippen LogP contribution >= 0.6 is 7.92 Å². The van der Waals surface area contributed by atoms with Crippen LogP contribution in [0.1, 0.15) is 116 Å². The van der Waals surface area contributed by atoms with Crippen LogP contribution in [-0.2, 0) is 21.7 Å². The lowest BCUT2D eigenvalue weighted by atomic mass is 9.79. The van der Waals surface area contributed by atoms with E-state index in [4.69, 9.17) is 9.47 Å². The van der Waals surface area contributed by atoms with Crippen LogP contribution in [0.15, 0.2) is 48.5 Å². The summed E-state index contributed by atoms with van der Waals surface area (Å²) in [6.45, 7) is 26.9. The molecular formula is C37H51O3P. The van der Waals surface area contributed by atoms with E-state index < -0.39 is 7.92 Å². The molecule has 0 aliphatic carbocycles. The average molecular weight is 575 g/mol. The van der Waals surface area contributed by atoms with E-state index in [1.165, 1.54) is 32.9 Å². The number of hydrogen-bond acceptors (Lipinski definition) is 3. The van der Waals surface area contributed by atoms with Crippen LogP contribution in [0, 0.1) is 0 Å². The fraction of sp³-hybridized carbons (Fsp3) is 0.486. The molecule has 3 rings (SSSR count). The summed E-state index contributed by atoms with van der Waals surface area (Å²) in [6, 6.07) is 17.4. The molecule has 0 fully saturated rings. The molecule has 0 aliphatic rings. The van der Waals surface area contributed by atoms with E-state index in [9.17, 15) is 4.79 Å². The minimum atomic E-state index is -1.10. The monoisotopic (exact) mass is 574 g/mol. The molecule has 0 bridgehead atoms. The van der Waals surface area contributed by atoms with Gasteiger partial charge in [-0.3, -0.25) is 4.79 Å². The summed E-state index contributed by atoms with van der Waals surface area (Å²) in [5, 5.41) is 3.50. The fourth-order valence-electron chi connectivity index (χ4n) is 5.37. The molecule has 0 radical (unpaired) electrons. The summed E-state index contributed by atoms with van der Waals surface area (Å²) in [5.74, 6) is 1.90. The highest BCUT2D eigenvalue weighted by Crippen LogP contribution is 2.46. The lowest BCUT2D eigenvalue weighted by molar-refractivity contribution is 0.112. The highest BCUT2D eigenvalue weighted by Gasteiger charge is 2.33. The van der Waals surface area contributed by atoms with Crippen molar-refractivity contribution in [1.29, 1.82) is 0 Å². The van der Waals surface area contributed by atoms with Gasteiger partial charge in [0.15, 0.2) is 6.29 Å². The number of aldehydes is 1. The number of ether oxygens (including phenoxy) is 2. The lowest BCUT2D eigenvalue weighted by Gasteiger charge is -2.34. The fourth-order valence-corrected chi connectivity index (χ4v) is 7.88. The van der Waals surface area contributed by atoms with E-state index in [0.717, 1.165) is 28.7 Å². The van der Waals surface area contributed by atoms with Crippen molar-refractivity contribution in [3.63, 3.8) is 0 Å². The average Bonchev–Trinajstić information content (AvgIpc) is 2.86. The molecule has 4 heteroatoms. The van der Waals surface area contributed by atoms with Crippen molar-refractivity contribution in [2.45, 2.75) is 105 Å². The number of benzene rings is 3. The van der Waals surface area contributed by atoms with Gasteiger partial charge in [-0.1, -0.05) is 107 Å². The largest absolute Gasteiger partial charge is 0.496 e. The molecule has 0 amide bonds. The first kappa shape index (κ1) is 32.9. The second-order valence-corrected chi connectivity index (χ2v) is 17.3. The summed E-state index contributed by atoms with van der Waals surface area (Å²) in [7, 11) is 2.45. The van der Waals surface area contributed by atoms with Gasteiger partial charge in [0, 0.05) is 27.8 Å². The van der Waals surface area contributed by atoms with E-state index in [1.54, 1.807) is 14.2 Å². The topological polar surface area (TPSA) is 35.5 Å². The van der Waals surface area contributed by atoms with Crippen molar-refractivity contribution < 1.29 is 14.3 Å². The summed E-state index contributed by atoms with van der Waals surface area (Å²) in [4.78, 5) is 12.5. The molecule has 0 spiro atoms. The Balaban J connectivity index is 2.61. The molecule has 0 saturated carbocycles. The van der Waals surface area contributed by atoms with Crippen molar-refractivity contribution in [3.05, 3.63) is 76.3 Å². The van der Waals surface area contributed by atoms with E-state index in [-0.39, 0.29) is 21.7 Å². The van der Waals surface area contributed by atoms with Gasteiger partial charge in [-0.05, 0) is 69.8 Å². The maximum atomic E-state index is 12.5. The van der Waals surface area contributed by atoms with Gasteiger partial charge < -0.3 is 9.47 Å². The molecule has 0 unspecified atom stereocenters. The Bertz CT molecular complexity index is 1250. The van der Waals surface area contributed by atoms with Gasteiger partial charge in [0.2, 0.25) is 0 Å². The number of carbonyl (C=O) groups is 1. The third-order valence-electron chi connectivity index (χ3n) is 7.61. The van der Waals surface area contributed by atoms with Crippen molar-refractivity contribution in [3.8, 4) is 11.5 Å². The molecule has 0 aliphatic heterocycles. The van der Waals surface area contributed by atoms with Crippen LogP contribution < -0.4 is 25.4 Å². The molecule has 41 heavy (non-hydrogen) atoms. The number of rotatable bonds is 6. The Morgan fingerprint density at radius 2 is 0.878 bits per heavy atom. The van der Waals surface area contributed by atoms with Crippen molar-refractivity contribution >= 4 is 30.1 Å². The standard InChI is InChI=1S/C37H51O3P/c1-34(2,3)27-19-25(20-28(32(27)39-13)35(4,5)6)41(31-18-16-15-17-24(31)23-38)26-21-29(36(7,8)9)33(40-14)30(22-26)37(10,11)12/h15-23H,1-14H3. The second-order valence-electron chi connectivity index (χ2n) is 15.2. The molecule has 3 nitrogen and oxygen atoms in total. The van der Waals surface area contributed by atoms with Gasteiger partial charge in [-0.25, -0.2) is 0 Å². The van der Waals surface area contributed by atoms with Crippen LogP contribution in [0.2, 0.25) is 0 Å². The zero-order valence-corrected chi connectivity index (χ0v) is 28.8. The quantitative estimate of drug-likeness (QED) is 0.219. The van der Waals surface area contributed by atoms with Gasteiger partial charge >= 0.3 is 0 Å². The first-order valence-electron chi connectivity index (χ1n) is 14.6. The Morgan fingerprint density at radius 3 is 1.15 bits per heavy atom. The molecule has 0 heterocycles. The van der Waals surface area contributed by atoms with Crippen LogP contribution in [0.5, 0.6) is 11.5 Å². The van der Waals surface area contributed by atoms with Crippen molar-refractivity contribution in [1.82, 2.24) is 0 Å². The third kappa shape index (κ3) is 6.89. The molecule has 0 N–H and O–H groups in total. The summed E-state index contributed by atoms with van der Waals surface area (Å²) in [6.07, 6.45) is 1.00. The van der Waals surface area contributed by atoms with E-state index in [2.05, 4.69) is 119 Å². The molecule has 0 aromatic heterocycles. The number of carbonyl (C=O) groups excluding carboxylic acids is 1. The first-order chi connectivity index (χ1) is 18.7. The maximum absolute atomic E-state index is 12.5. The normalized spacial score (nSPS) is 13.0. The predicted molar refractivity (Wildman–Crippen MR) is 178 cm³/mol. The molecule has 222 valence electrons. The Kier molecular flexibility index (Phi) is 9.27. The van der Waals surface area contributed by atoms with Gasteiger partial charge in [0.1, 0.15) is 11.5 Å². The molecule has 3 aromatic rings. The molecule has 3 aromatic carbocycles. The third-order valence-corrected chi connectivity index (χ3v) is 10.0. The van der Waals surface area contributed by atoms with E-state index in [1.807, 2.05) is 12.1 Å². The Morgan fingerprint density at radius 1 is 0.561 bits per heavy atom. The number of methoxy groups -OCH3 is 2. The van der Waals surface area contributed by atoms with Crippen LogP contribution in [0.4, 0.5) is 0 Å². The smallest absolute Gasteiger partial charge is 0.150 e. The SMILES string of the molecule is COc1c(C(C)(C)C)cc(P(c2cc(C(C)(C)C)c(OC)c(C(C)(C)C)c2)c2ccccc2C=O)cc1C(C)(C)C. The first-order valence-corrected chi connectivity index (χ1v) is 15.9. The zero-order valence-electron chi connectivity index (χ0n) is 27.9. The summed E-state index contributed by atoms with van der Waals surface area (Å²) in [5.41, 5.74) is 4.89. The Labute approximate surface area is 250 Å². The van der Waals surface area contributed by atoms with Crippen molar-refractivity contribution in [2.75, 3.05) is 14.2 Å². The zero-order chi connectivity index (χ0) is 31.1. The molecular weight excluding hydrogens is 523 g/mol. The highest BCUT2D eigenvalue weighted by atomic mass is 31.1. The molecule has 0 atom stereocenters. The molecule has 0 saturated heterocycles.